The minimum Gasteiger partial charge on any atom is -0.380 e. The molecule has 2 nitrogen and oxygen atoms in total. The molecule has 0 aromatic heterocycles. The van der Waals surface area contributed by atoms with Gasteiger partial charge >= 0.3 is 0 Å². The van der Waals surface area contributed by atoms with Crippen molar-refractivity contribution < 1.29 is 0 Å². The fourth-order valence-electron chi connectivity index (χ4n) is 9.54. The summed E-state index contributed by atoms with van der Waals surface area (Å²) < 4.78 is 0. The minimum atomic E-state index is 0.217. The van der Waals surface area contributed by atoms with Crippen LogP contribution in [0.2, 0.25) is 0 Å². The zero-order valence-corrected chi connectivity index (χ0v) is 39.8. The van der Waals surface area contributed by atoms with Crippen molar-refractivity contribution >= 4 is 0 Å². The highest BCUT2D eigenvalue weighted by Crippen LogP contribution is 2.66. The average molecular weight is 769 g/mol. The van der Waals surface area contributed by atoms with Crippen molar-refractivity contribution in [3.63, 3.8) is 0 Å². The van der Waals surface area contributed by atoms with Gasteiger partial charge < -0.3 is 10.2 Å². The first-order valence-corrected chi connectivity index (χ1v) is 22.4. The molecule has 1 heterocycles. The highest BCUT2D eigenvalue weighted by molar-refractivity contribution is 5.34. The van der Waals surface area contributed by atoms with Gasteiger partial charge in [0.25, 0.3) is 0 Å². The Morgan fingerprint density at radius 2 is 1.41 bits per heavy atom. The second-order valence-electron chi connectivity index (χ2n) is 21.2. The molecule has 7 atom stereocenters. The summed E-state index contributed by atoms with van der Waals surface area (Å²) in [5.74, 6) is 6.37. The summed E-state index contributed by atoms with van der Waals surface area (Å²) >= 11 is 0. The molecule has 0 amide bonds. The van der Waals surface area contributed by atoms with Gasteiger partial charge in [-0.25, -0.2) is 0 Å². The number of hydrogen-bond donors (Lipinski definition) is 1. The van der Waals surface area contributed by atoms with Crippen molar-refractivity contribution in [3.05, 3.63) is 85.3 Å². The first-order chi connectivity index (χ1) is 25.8. The molecule has 2 saturated carbocycles. The molecule has 3 aliphatic rings. The van der Waals surface area contributed by atoms with Gasteiger partial charge in [0.2, 0.25) is 0 Å². The summed E-state index contributed by atoms with van der Waals surface area (Å²) in [5.41, 5.74) is 9.35. The van der Waals surface area contributed by atoms with Crippen molar-refractivity contribution in [2.45, 2.75) is 186 Å². The van der Waals surface area contributed by atoms with Crippen molar-refractivity contribution in [1.82, 2.24) is 10.2 Å². The summed E-state index contributed by atoms with van der Waals surface area (Å²) in [6.45, 7) is 63.4. The lowest BCUT2D eigenvalue weighted by Crippen LogP contribution is -2.51. The number of likely N-dealkylation sites (tertiary alicyclic amines) is 1. The van der Waals surface area contributed by atoms with Gasteiger partial charge in [-0.05, 0) is 123 Å². The van der Waals surface area contributed by atoms with Crippen LogP contribution in [-0.4, -0.2) is 23.5 Å². The quantitative estimate of drug-likeness (QED) is 0.0800. The number of fused-ring (bicyclic) bond motifs is 1. The fourth-order valence-corrected chi connectivity index (χ4v) is 9.54. The third kappa shape index (κ3) is 14.9. The lowest BCUT2D eigenvalue weighted by Gasteiger charge is -2.47. The number of hydrogen-bond acceptors (Lipinski definition) is 2. The van der Waals surface area contributed by atoms with Gasteiger partial charge in [-0.1, -0.05) is 158 Å². The summed E-state index contributed by atoms with van der Waals surface area (Å²) in [6, 6.07) is 0.657. The molecule has 0 radical (unpaired) electrons. The van der Waals surface area contributed by atoms with Crippen LogP contribution in [0.1, 0.15) is 174 Å². The molecule has 3 fully saturated rings. The molecule has 0 spiro atoms. The molecular weight excluding hydrogens is 677 g/mol. The predicted molar refractivity (Wildman–Crippen MR) is 253 cm³/mol. The van der Waals surface area contributed by atoms with Crippen LogP contribution in [0.25, 0.3) is 0 Å². The molecule has 7 unspecified atom stereocenters. The van der Waals surface area contributed by atoms with Crippen LogP contribution in [0.3, 0.4) is 0 Å². The molecule has 3 rings (SSSR count). The summed E-state index contributed by atoms with van der Waals surface area (Å²) in [4.78, 5) is 2.63. The number of piperidine rings is 1. The maximum absolute atomic E-state index is 5.33. The number of nitrogens with zero attached hydrogens (tertiary/aromatic N) is 1. The molecule has 56 heavy (non-hydrogen) atoms. The zero-order chi connectivity index (χ0) is 43.3. The minimum absolute atomic E-state index is 0.217. The van der Waals surface area contributed by atoms with E-state index in [1.165, 1.54) is 67.5 Å². The summed E-state index contributed by atoms with van der Waals surface area (Å²) in [7, 11) is 0. The number of terminal acetylenes is 1. The van der Waals surface area contributed by atoms with Crippen molar-refractivity contribution in [2.24, 2.45) is 51.8 Å². The van der Waals surface area contributed by atoms with E-state index in [1.54, 1.807) is 0 Å². The van der Waals surface area contributed by atoms with E-state index in [1.807, 2.05) is 6.92 Å². The normalized spacial score (nSPS) is 22.6. The summed E-state index contributed by atoms with van der Waals surface area (Å²) in [5, 5.41) is 4.02. The Labute approximate surface area is 351 Å². The Morgan fingerprint density at radius 3 is 1.86 bits per heavy atom. The van der Waals surface area contributed by atoms with Gasteiger partial charge in [-0.15, -0.1) is 18.9 Å². The maximum atomic E-state index is 5.33. The Balaban J connectivity index is 0.000000624. The largest absolute Gasteiger partial charge is 0.380 e. The molecule has 1 aliphatic heterocycles. The summed E-state index contributed by atoms with van der Waals surface area (Å²) in [6.07, 6.45) is 19.2. The first kappa shape index (κ1) is 51.4. The Bertz CT molecular complexity index is 1390. The standard InChI is InChI=1S/C33H56N2.C17H26.C4H10/c1-22(2)16-17-26(31(7,8)9)20-24(5)34-30(33(12)18-14-13-15-19-33)25(6)35-21-27-28(32(27,10)11)29(35)23(3)4;1-8-10-12-17(13(3)4)16(7)15(6)14(5)11-9-2;1-4(2)3/h26-30,34H,1,3,5-6,13-21H2,2,4,7-12H3;1,14,17H,3,6-7,9-12H2,2,4-5H3;4H,1-3H3. The van der Waals surface area contributed by atoms with Gasteiger partial charge in [0.15, 0.2) is 0 Å². The molecular formula is C54H92N2. The highest BCUT2D eigenvalue weighted by Gasteiger charge is 2.67. The van der Waals surface area contributed by atoms with Crippen LogP contribution >= 0.6 is 0 Å². The molecule has 2 aliphatic carbocycles. The topological polar surface area (TPSA) is 15.3 Å². The Morgan fingerprint density at radius 1 is 0.857 bits per heavy atom. The predicted octanol–water partition coefficient (Wildman–Crippen LogP) is 15.7. The molecule has 318 valence electrons. The Kier molecular flexibility index (Phi) is 20.6. The van der Waals surface area contributed by atoms with E-state index in [9.17, 15) is 0 Å². The van der Waals surface area contributed by atoms with Crippen LogP contribution in [0.4, 0.5) is 0 Å². The van der Waals surface area contributed by atoms with Gasteiger partial charge in [0.05, 0.1) is 12.1 Å². The fraction of sp³-hybridized carbons (Fsp3) is 0.704. The molecule has 0 bridgehead atoms. The van der Waals surface area contributed by atoms with Crippen LogP contribution in [0.5, 0.6) is 0 Å². The van der Waals surface area contributed by atoms with E-state index in [0.717, 1.165) is 67.2 Å². The van der Waals surface area contributed by atoms with Crippen LogP contribution < -0.4 is 5.32 Å². The van der Waals surface area contributed by atoms with E-state index in [0.29, 0.717) is 29.2 Å². The van der Waals surface area contributed by atoms with Crippen LogP contribution in [0, 0.1) is 64.1 Å². The smallest absolute Gasteiger partial charge is 0.0706 e. The van der Waals surface area contributed by atoms with E-state index >= 15 is 0 Å². The van der Waals surface area contributed by atoms with Gasteiger partial charge in [-0.3, -0.25) is 0 Å². The number of rotatable bonds is 19. The number of nitrogens with one attached hydrogen (secondary N) is 1. The first-order valence-electron chi connectivity index (χ1n) is 22.4. The number of allylic oxidation sites excluding steroid dienone is 5. The van der Waals surface area contributed by atoms with Crippen molar-refractivity contribution in [1.29, 1.82) is 0 Å². The van der Waals surface area contributed by atoms with E-state index in [2.05, 4.69) is 146 Å². The van der Waals surface area contributed by atoms with Gasteiger partial charge in [0.1, 0.15) is 0 Å². The average Bonchev–Trinajstić information content (AvgIpc) is 3.38. The van der Waals surface area contributed by atoms with Crippen LogP contribution in [-0.2, 0) is 0 Å². The Hall–Kier alpha value is -2.66. The molecule has 1 N–H and O–H groups in total. The maximum Gasteiger partial charge on any atom is 0.0706 e. The molecule has 2 heteroatoms. The molecule has 1 saturated heterocycles. The third-order valence-corrected chi connectivity index (χ3v) is 13.4. The second-order valence-corrected chi connectivity index (χ2v) is 21.2. The van der Waals surface area contributed by atoms with Crippen molar-refractivity contribution in [3.8, 4) is 12.3 Å². The monoisotopic (exact) mass is 769 g/mol. The van der Waals surface area contributed by atoms with E-state index in [4.69, 9.17) is 13.0 Å². The van der Waals surface area contributed by atoms with E-state index < -0.39 is 0 Å². The van der Waals surface area contributed by atoms with Gasteiger partial charge in [-0.2, -0.15) is 0 Å². The van der Waals surface area contributed by atoms with Crippen molar-refractivity contribution in [2.75, 3.05) is 6.54 Å². The van der Waals surface area contributed by atoms with Gasteiger partial charge in [0, 0.05) is 30.3 Å². The SMILES string of the molecule is C#CCCC(C(=C)C)C(=C)C(=C)C(C)CCC.C=C(C)CCC(CC(=C)NC(C(=C)N1CC2C(C1C(=C)C)C2(C)C)C1(C)CCCCC1)C(C)(C)C.CC(C)C. The third-order valence-electron chi connectivity index (χ3n) is 13.4. The van der Waals surface area contributed by atoms with E-state index in [-0.39, 0.29) is 22.8 Å². The molecule has 0 aromatic carbocycles. The highest BCUT2D eigenvalue weighted by atomic mass is 15.3. The lowest BCUT2D eigenvalue weighted by molar-refractivity contribution is 0.132. The lowest BCUT2D eigenvalue weighted by atomic mass is 9.69. The zero-order valence-electron chi connectivity index (χ0n) is 39.8. The molecule has 0 aromatic rings. The van der Waals surface area contributed by atoms with Crippen LogP contribution in [0.15, 0.2) is 85.3 Å². The second kappa shape index (κ2) is 22.5.